The maximum absolute atomic E-state index is 12.7. The number of ether oxygens (including phenoxy) is 1. The number of hydrogen-bond acceptors (Lipinski definition) is 6. The lowest BCUT2D eigenvalue weighted by atomic mass is 10.0. The first-order valence-corrected chi connectivity index (χ1v) is 10.3. The first kappa shape index (κ1) is 23.5. The van der Waals surface area contributed by atoms with E-state index in [1.165, 1.54) is 17.0 Å². The minimum atomic E-state index is -4.46. The van der Waals surface area contributed by atoms with Gasteiger partial charge in [0.25, 0.3) is 0 Å². The first-order chi connectivity index (χ1) is 16.7. The van der Waals surface area contributed by atoms with Gasteiger partial charge in [-0.25, -0.2) is 19.1 Å². The summed E-state index contributed by atoms with van der Waals surface area (Å²) >= 11 is 0. The number of anilines is 3. The fraction of sp³-hybridized carbons (Fsp3) is 0.130. The Morgan fingerprint density at radius 2 is 1.63 bits per heavy atom. The van der Waals surface area contributed by atoms with Gasteiger partial charge in [-0.05, 0) is 48.9 Å². The number of hydrogen-bond donors (Lipinski definition) is 3. The summed E-state index contributed by atoms with van der Waals surface area (Å²) in [6, 6.07) is 9.96. The fourth-order valence-corrected chi connectivity index (χ4v) is 3.45. The molecule has 2 aromatic carbocycles. The van der Waals surface area contributed by atoms with Crippen molar-refractivity contribution in [3.63, 3.8) is 0 Å². The lowest BCUT2D eigenvalue weighted by Crippen LogP contribution is -2.19. The Bertz CT molecular complexity index is 1380. The van der Waals surface area contributed by atoms with E-state index in [1.54, 1.807) is 31.2 Å². The number of rotatable bonds is 5. The van der Waals surface area contributed by atoms with Crippen molar-refractivity contribution in [1.29, 1.82) is 0 Å². The van der Waals surface area contributed by atoms with Crippen LogP contribution in [0.3, 0.4) is 0 Å². The second-order valence-electron chi connectivity index (χ2n) is 7.31. The molecule has 0 aliphatic heterocycles. The van der Waals surface area contributed by atoms with E-state index in [2.05, 4.69) is 20.7 Å². The van der Waals surface area contributed by atoms with Gasteiger partial charge in [-0.2, -0.15) is 18.3 Å². The van der Waals surface area contributed by atoms with Gasteiger partial charge >= 0.3 is 18.2 Å². The van der Waals surface area contributed by atoms with E-state index in [-0.39, 0.29) is 23.7 Å². The summed E-state index contributed by atoms with van der Waals surface area (Å²) in [5.41, 5.74) is 7.57. The SMILES string of the molecule is CCOC(=O)c1cn2ncnc(N)c2c1-c1ccc(NC(=O)Nc2ccc(C(F)(F)F)cc2)cc1. The van der Waals surface area contributed by atoms with Crippen LogP contribution in [0.15, 0.2) is 61.1 Å². The Labute approximate surface area is 196 Å². The Balaban J connectivity index is 1.55. The predicted octanol–water partition coefficient (Wildman–Crippen LogP) is 4.82. The summed E-state index contributed by atoms with van der Waals surface area (Å²) in [5, 5.41) is 9.16. The zero-order valence-electron chi connectivity index (χ0n) is 18.3. The Morgan fingerprint density at radius 1 is 1.03 bits per heavy atom. The van der Waals surface area contributed by atoms with Gasteiger partial charge in [-0.1, -0.05) is 12.1 Å². The number of urea groups is 1. The van der Waals surface area contributed by atoms with Crippen LogP contribution >= 0.6 is 0 Å². The van der Waals surface area contributed by atoms with Crippen molar-refractivity contribution in [3.05, 3.63) is 72.2 Å². The Morgan fingerprint density at radius 3 is 2.20 bits per heavy atom. The van der Waals surface area contributed by atoms with Gasteiger partial charge in [0.05, 0.1) is 17.7 Å². The third-order valence-electron chi connectivity index (χ3n) is 5.00. The summed E-state index contributed by atoms with van der Waals surface area (Å²) < 4.78 is 44.6. The number of benzene rings is 2. The van der Waals surface area contributed by atoms with Gasteiger partial charge in [0.15, 0.2) is 5.82 Å². The third-order valence-corrected chi connectivity index (χ3v) is 5.00. The molecule has 0 fully saturated rings. The highest BCUT2D eigenvalue weighted by molar-refractivity contribution is 6.05. The van der Waals surface area contributed by atoms with E-state index in [1.807, 2.05) is 0 Å². The van der Waals surface area contributed by atoms with Crippen LogP contribution in [0.1, 0.15) is 22.8 Å². The average Bonchev–Trinajstić information content (AvgIpc) is 3.21. The van der Waals surface area contributed by atoms with Crippen LogP contribution in [0.4, 0.5) is 35.2 Å². The summed E-state index contributed by atoms with van der Waals surface area (Å²) in [4.78, 5) is 28.8. The van der Waals surface area contributed by atoms with Crippen LogP contribution in [0.5, 0.6) is 0 Å². The van der Waals surface area contributed by atoms with E-state index in [9.17, 15) is 22.8 Å². The molecule has 35 heavy (non-hydrogen) atoms. The van der Waals surface area contributed by atoms with Crippen molar-refractivity contribution in [2.24, 2.45) is 0 Å². The molecular weight excluding hydrogens is 465 g/mol. The zero-order chi connectivity index (χ0) is 25.2. The molecule has 180 valence electrons. The minimum absolute atomic E-state index is 0.170. The van der Waals surface area contributed by atoms with Crippen molar-refractivity contribution in [2.45, 2.75) is 13.1 Å². The number of halogens is 3. The fourth-order valence-electron chi connectivity index (χ4n) is 3.45. The number of nitrogens with zero attached hydrogens (tertiary/aromatic N) is 3. The summed E-state index contributed by atoms with van der Waals surface area (Å²) in [6.45, 7) is 1.88. The summed E-state index contributed by atoms with van der Waals surface area (Å²) in [7, 11) is 0. The molecule has 0 saturated heterocycles. The van der Waals surface area contributed by atoms with Crippen LogP contribution in [0, 0.1) is 0 Å². The molecule has 0 atom stereocenters. The minimum Gasteiger partial charge on any atom is -0.462 e. The Kier molecular flexibility index (Phi) is 6.28. The number of nitrogen functional groups attached to an aromatic ring is 1. The number of aromatic nitrogens is 3. The monoisotopic (exact) mass is 484 g/mol. The predicted molar refractivity (Wildman–Crippen MR) is 123 cm³/mol. The molecule has 0 saturated carbocycles. The molecule has 2 amide bonds. The Hall–Kier alpha value is -4.61. The quantitative estimate of drug-likeness (QED) is 0.349. The molecule has 2 heterocycles. The molecule has 0 unspecified atom stereocenters. The van der Waals surface area contributed by atoms with Gasteiger partial charge in [0, 0.05) is 23.1 Å². The average molecular weight is 484 g/mol. The number of fused-ring (bicyclic) bond motifs is 1. The number of carbonyl (C=O) groups excluding carboxylic acids is 2. The van der Waals surface area contributed by atoms with Crippen LogP contribution in [0.2, 0.25) is 0 Å². The van der Waals surface area contributed by atoms with Crippen molar-refractivity contribution in [2.75, 3.05) is 23.0 Å². The molecule has 0 aliphatic rings. The highest BCUT2D eigenvalue weighted by Gasteiger charge is 2.30. The summed E-state index contributed by atoms with van der Waals surface area (Å²) in [5.74, 6) is -0.380. The molecule has 9 nitrogen and oxygen atoms in total. The molecule has 0 aliphatic carbocycles. The second kappa shape index (κ2) is 9.33. The third kappa shape index (κ3) is 5.00. The van der Waals surface area contributed by atoms with Crippen molar-refractivity contribution >= 4 is 34.7 Å². The molecule has 4 N–H and O–H groups in total. The molecule has 0 radical (unpaired) electrons. The standard InChI is InChI=1S/C23H19F3N6O3/c1-2-35-21(33)17-11-32-19(20(27)28-12-29-32)18(17)13-3-7-15(8-4-13)30-22(34)31-16-9-5-14(6-10-16)23(24,25)26/h3-12H,2H2,1H3,(H2,27,28,29)(H2,30,31,34). The van der Waals surface area contributed by atoms with Gasteiger partial charge < -0.3 is 21.1 Å². The van der Waals surface area contributed by atoms with E-state index in [4.69, 9.17) is 10.5 Å². The lowest BCUT2D eigenvalue weighted by molar-refractivity contribution is -0.137. The van der Waals surface area contributed by atoms with Crippen LogP contribution in [-0.2, 0) is 10.9 Å². The maximum atomic E-state index is 12.7. The normalized spacial score (nSPS) is 11.3. The number of alkyl halides is 3. The molecule has 0 spiro atoms. The van der Waals surface area contributed by atoms with Gasteiger partial charge in [-0.3, -0.25) is 0 Å². The van der Waals surface area contributed by atoms with Gasteiger partial charge in [0.1, 0.15) is 11.8 Å². The number of esters is 1. The van der Waals surface area contributed by atoms with E-state index in [0.29, 0.717) is 22.3 Å². The van der Waals surface area contributed by atoms with Crippen molar-refractivity contribution < 1.29 is 27.5 Å². The van der Waals surface area contributed by atoms with Crippen LogP contribution in [0.25, 0.3) is 16.6 Å². The van der Waals surface area contributed by atoms with E-state index in [0.717, 1.165) is 24.3 Å². The van der Waals surface area contributed by atoms with Crippen molar-refractivity contribution in [3.8, 4) is 11.1 Å². The molecular formula is C23H19F3N6O3. The number of carbonyl (C=O) groups is 2. The van der Waals surface area contributed by atoms with Crippen LogP contribution in [-0.4, -0.2) is 33.2 Å². The smallest absolute Gasteiger partial charge is 0.416 e. The number of nitrogens with two attached hydrogens (primary N) is 1. The van der Waals surface area contributed by atoms with E-state index >= 15 is 0 Å². The molecule has 2 aromatic heterocycles. The summed E-state index contributed by atoms with van der Waals surface area (Å²) in [6.07, 6.45) is -1.69. The van der Waals surface area contributed by atoms with Gasteiger partial charge in [-0.15, -0.1) is 0 Å². The number of amides is 2. The molecule has 4 rings (SSSR count). The topological polar surface area (TPSA) is 124 Å². The molecule has 0 bridgehead atoms. The van der Waals surface area contributed by atoms with Gasteiger partial charge in [0.2, 0.25) is 0 Å². The maximum Gasteiger partial charge on any atom is 0.416 e. The van der Waals surface area contributed by atoms with E-state index < -0.39 is 23.7 Å². The van der Waals surface area contributed by atoms with Crippen LogP contribution < -0.4 is 16.4 Å². The highest BCUT2D eigenvalue weighted by Crippen LogP contribution is 2.34. The first-order valence-electron chi connectivity index (χ1n) is 10.3. The van der Waals surface area contributed by atoms with Crippen molar-refractivity contribution in [1.82, 2.24) is 14.6 Å². The highest BCUT2D eigenvalue weighted by atomic mass is 19.4. The second-order valence-corrected chi connectivity index (χ2v) is 7.31. The largest absolute Gasteiger partial charge is 0.462 e. The molecule has 4 aromatic rings. The molecule has 12 heteroatoms. The number of nitrogens with one attached hydrogen (secondary N) is 2. The lowest BCUT2D eigenvalue weighted by Gasteiger charge is -2.11. The zero-order valence-corrected chi connectivity index (χ0v) is 18.3.